The van der Waals surface area contributed by atoms with E-state index in [9.17, 15) is 13.2 Å². The minimum atomic E-state index is -3.90. The number of amides is 1. The highest BCUT2D eigenvalue weighted by Gasteiger charge is 2.16. The van der Waals surface area contributed by atoms with Crippen molar-refractivity contribution in [2.45, 2.75) is 24.5 Å². The molecule has 1 atom stereocenters. The third-order valence-electron chi connectivity index (χ3n) is 2.66. The summed E-state index contributed by atoms with van der Waals surface area (Å²) < 4.78 is 32.8. The number of nitrogens with two attached hydrogens (primary N) is 1. The number of carbonyl (C=O) groups excluding carboxylic acids is 1. The smallest absolute Gasteiger partial charge is 0.251 e. The quantitative estimate of drug-likeness (QED) is 0.749. The Morgan fingerprint density at radius 1 is 1.29 bits per heavy atom. The molecule has 0 aliphatic heterocycles. The molecule has 1 rings (SSSR count). The van der Waals surface area contributed by atoms with Gasteiger partial charge in [-0.25, -0.2) is 13.6 Å². The topological polar surface area (TPSA) is 108 Å². The van der Waals surface area contributed by atoms with Crippen LogP contribution in [0.5, 0.6) is 0 Å². The number of benzene rings is 1. The highest BCUT2D eigenvalue weighted by atomic mass is 32.2. The highest BCUT2D eigenvalue weighted by Crippen LogP contribution is 2.15. The van der Waals surface area contributed by atoms with Gasteiger partial charge in [-0.05, 0) is 30.7 Å². The molecule has 1 aromatic rings. The zero-order valence-electron chi connectivity index (χ0n) is 12.3. The van der Waals surface area contributed by atoms with Crippen LogP contribution in [0.2, 0.25) is 0 Å². The molecule has 1 amide bonds. The third kappa shape index (κ3) is 5.43. The number of primary sulfonamides is 1. The van der Waals surface area contributed by atoms with Crippen molar-refractivity contribution in [3.8, 4) is 0 Å². The van der Waals surface area contributed by atoms with Crippen LogP contribution in [0.15, 0.2) is 23.1 Å². The minimum Gasteiger partial charge on any atom is -0.383 e. The first kappa shape index (κ1) is 17.6. The summed E-state index contributed by atoms with van der Waals surface area (Å²) in [6, 6.07) is 3.98. The normalized spacial score (nSPS) is 13.0. The summed E-state index contributed by atoms with van der Waals surface area (Å²) in [5.41, 5.74) is 0.755. The van der Waals surface area contributed by atoms with Crippen molar-refractivity contribution in [3.05, 3.63) is 29.3 Å². The molecule has 0 aliphatic carbocycles. The van der Waals surface area contributed by atoms with E-state index in [2.05, 4.69) is 5.32 Å². The monoisotopic (exact) mass is 316 g/mol. The van der Waals surface area contributed by atoms with Crippen LogP contribution in [0.4, 0.5) is 0 Å². The van der Waals surface area contributed by atoms with Gasteiger partial charge in [-0.3, -0.25) is 4.79 Å². The summed E-state index contributed by atoms with van der Waals surface area (Å²) in [6.45, 7) is 2.31. The second-order valence-electron chi connectivity index (χ2n) is 4.67. The van der Waals surface area contributed by atoms with Crippen molar-refractivity contribution in [3.63, 3.8) is 0 Å². The average Bonchev–Trinajstić information content (AvgIpc) is 2.38. The Morgan fingerprint density at radius 2 is 1.95 bits per heavy atom. The fourth-order valence-electron chi connectivity index (χ4n) is 1.80. The summed E-state index contributed by atoms with van der Waals surface area (Å²) in [7, 11) is -0.894. The molecule has 7 nitrogen and oxygen atoms in total. The number of rotatable bonds is 7. The number of ether oxygens (including phenoxy) is 2. The Morgan fingerprint density at radius 3 is 2.48 bits per heavy atom. The maximum atomic E-state index is 12.1. The van der Waals surface area contributed by atoms with Crippen LogP contribution in [0.25, 0.3) is 0 Å². The second kappa shape index (κ2) is 7.51. The summed E-state index contributed by atoms with van der Waals surface area (Å²) in [6.07, 6.45) is 0. The molecule has 21 heavy (non-hydrogen) atoms. The summed E-state index contributed by atoms with van der Waals surface area (Å²) in [5, 5.41) is 7.82. The molecule has 0 bridgehead atoms. The van der Waals surface area contributed by atoms with Crippen LogP contribution in [0.3, 0.4) is 0 Å². The average molecular weight is 316 g/mol. The van der Waals surface area contributed by atoms with Crippen LogP contribution in [0, 0.1) is 0 Å². The summed E-state index contributed by atoms with van der Waals surface area (Å²) in [4.78, 5) is 12.0. The number of hydrogen-bond donors (Lipinski definition) is 2. The Labute approximate surface area is 124 Å². The molecule has 8 heteroatoms. The van der Waals surface area contributed by atoms with Crippen LogP contribution < -0.4 is 10.5 Å². The number of methoxy groups -OCH3 is 2. The lowest BCUT2D eigenvalue weighted by Crippen LogP contribution is -2.35. The van der Waals surface area contributed by atoms with Gasteiger partial charge in [0, 0.05) is 25.8 Å². The van der Waals surface area contributed by atoms with E-state index in [1.54, 1.807) is 13.0 Å². The van der Waals surface area contributed by atoms with E-state index < -0.39 is 15.9 Å². The molecule has 1 unspecified atom stereocenters. The van der Waals surface area contributed by atoms with E-state index in [1.165, 1.54) is 26.4 Å². The molecule has 0 aromatic heterocycles. The van der Waals surface area contributed by atoms with E-state index in [1.807, 2.05) is 0 Å². The molecule has 0 saturated carbocycles. The summed E-state index contributed by atoms with van der Waals surface area (Å²) in [5.74, 6) is -0.401. The van der Waals surface area contributed by atoms with Gasteiger partial charge < -0.3 is 14.8 Å². The van der Waals surface area contributed by atoms with Gasteiger partial charge >= 0.3 is 0 Å². The van der Waals surface area contributed by atoms with Crippen molar-refractivity contribution >= 4 is 15.9 Å². The zero-order chi connectivity index (χ0) is 16.0. The van der Waals surface area contributed by atoms with Gasteiger partial charge in [0.2, 0.25) is 10.0 Å². The number of nitrogens with one attached hydrogen (secondary N) is 1. The van der Waals surface area contributed by atoms with E-state index in [4.69, 9.17) is 14.6 Å². The molecule has 0 heterocycles. The molecular formula is C13H20N2O5S. The van der Waals surface area contributed by atoms with Crippen molar-refractivity contribution in [1.82, 2.24) is 5.32 Å². The molecular weight excluding hydrogens is 296 g/mol. The number of hydrogen-bond acceptors (Lipinski definition) is 5. The highest BCUT2D eigenvalue weighted by molar-refractivity contribution is 7.89. The van der Waals surface area contributed by atoms with E-state index >= 15 is 0 Å². The molecule has 118 valence electrons. The van der Waals surface area contributed by atoms with Gasteiger partial charge in [0.15, 0.2) is 0 Å². The van der Waals surface area contributed by atoms with E-state index in [-0.39, 0.29) is 23.1 Å². The number of carbonyl (C=O) groups is 1. The first-order valence-corrected chi connectivity index (χ1v) is 7.78. The fourth-order valence-corrected chi connectivity index (χ4v) is 2.41. The summed E-state index contributed by atoms with van der Waals surface area (Å²) >= 11 is 0. The Bertz CT molecular complexity index is 601. The number of sulfonamides is 1. The minimum absolute atomic E-state index is 0.124. The van der Waals surface area contributed by atoms with Crippen LogP contribution in [-0.4, -0.2) is 41.2 Å². The van der Waals surface area contributed by atoms with Gasteiger partial charge in [0.05, 0.1) is 18.1 Å². The SMILES string of the molecule is COCc1cc(C(=O)NC(C)COC)cc(S(N)(=O)=O)c1. The van der Waals surface area contributed by atoms with Gasteiger partial charge in [-0.2, -0.15) is 0 Å². The predicted octanol–water partition coefficient (Wildman–Crippen LogP) is 0.245. The molecule has 0 spiro atoms. The van der Waals surface area contributed by atoms with E-state index in [0.29, 0.717) is 12.2 Å². The van der Waals surface area contributed by atoms with Crippen LogP contribution >= 0.6 is 0 Å². The fraction of sp³-hybridized carbons (Fsp3) is 0.462. The Balaban J connectivity index is 3.10. The zero-order valence-corrected chi connectivity index (χ0v) is 13.1. The Hall–Kier alpha value is -1.48. The Kier molecular flexibility index (Phi) is 6.28. The maximum absolute atomic E-state index is 12.1. The van der Waals surface area contributed by atoms with Gasteiger partial charge in [0.25, 0.3) is 5.91 Å². The molecule has 0 fully saturated rings. The van der Waals surface area contributed by atoms with Gasteiger partial charge in [-0.15, -0.1) is 0 Å². The van der Waals surface area contributed by atoms with Crippen molar-refractivity contribution in [1.29, 1.82) is 0 Å². The van der Waals surface area contributed by atoms with Crippen LogP contribution in [-0.2, 0) is 26.1 Å². The molecule has 0 saturated heterocycles. The van der Waals surface area contributed by atoms with Gasteiger partial charge in [0.1, 0.15) is 0 Å². The van der Waals surface area contributed by atoms with E-state index in [0.717, 1.165) is 0 Å². The largest absolute Gasteiger partial charge is 0.383 e. The lowest BCUT2D eigenvalue weighted by atomic mass is 10.1. The van der Waals surface area contributed by atoms with Gasteiger partial charge in [-0.1, -0.05) is 0 Å². The van der Waals surface area contributed by atoms with Crippen molar-refractivity contribution in [2.24, 2.45) is 5.14 Å². The second-order valence-corrected chi connectivity index (χ2v) is 6.23. The third-order valence-corrected chi connectivity index (χ3v) is 3.55. The first-order valence-electron chi connectivity index (χ1n) is 6.23. The van der Waals surface area contributed by atoms with Crippen molar-refractivity contribution < 1.29 is 22.7 Å². The molecule has 0 aliphatic rings. The van der Waals surface area contributed by atoms with Crippen molar-refractivity contribution in [2.75, 3.05) is 20.8 Å². The first-order chi connectivity index (χ1) is 9.77. The standard InChI is InChI=1S/C13H20N2O5S/c1-9(7-19-2)15-13(16)11-4-10(8-20-3)5-12(6-11)21(14,17)18/h4-6,9H,7-8H2,1-3H3,(H,15,16)(H2,14,17,18). The molecule has 0 radical (unpaired) electrons. The lowest BCUT2D eigenvalue weighted by molar-refractivity contribution is 0.0905. The molecule has 3 N–H and O–H groups in total. The van der Waals surface area contributed by atoms with Crippen LogP contribution in [0.1, 0.15) is 22.8 Å². The predicted molar refractivity (Wildman–Crippen MR) is 77.3 cm³/mol. The molecule has 1 aromatic carbocycles. The lowest BCUT2D eigenvalue weighted by Gasteiger charge is -2.14. The maximum Gasteiger partial charge on any atom is 0.251 e.